The van der Waals surface area contributed by atoms with Gasteiger partial charge in [0, 0.05) is 45.7 Å². The average Bonchev–Trinajstić information content (AvgIpc) is 3.41. The molecule has 5 rings (SSSR count). The molecule has 0 unspecified atom stereocenters. The number of hydrogen-bond acceptors (Lipinski definition) is 4. The zero-order valence-corrected chi connectivity index (χ0v) is 18.6. The van der Waals surface area contributed by atoms with Crippen LogP contribution in [0.5, 0.6) is 5.75 Å². The second-order valence-corrected chi connectivity index (χ2v) is 8.72. The molecule has 0 fully saturated rings. The third-order valence-electron chi connectivity index (χ3n) is 5.83. The van der Waals surface area contributed by atoms with Crippen molar-refractivity contribution in [3.8, 4) is 5.75 Å². The van der Waals surface area contributed by atoms with Crippen molar-refractivity contribution in [2.24, 2.45) is 0 Å². The van der Waals surface area contributed by atoms with Crippen LogP contribution >= 0.6 is 23.2 Å². The fourth-order valence-electron chi connectivity index (χ4n) is 4.28. The van der Waals surface area contributed by atoms with Crippen LogP contribution in [0, 0.1) is 0 Å². The van der Waals surface area contributed by atoms with Gasteiger partial charge in [-0.15, -0.1) is 0 Å². The number of aromatic amines is 1. The Balaban J connectivity index is 1.22. The molecule has 0 aliphatic heterocycles. The monoisotopic (exact) mass is 470 g/mol. The Morgan fingerprint density at radius 1 is 1.12 bits per heavy atom. The van der Waals surface area contributed by atoms with Gasteiger partial charge in [0.15, 0.2) is 6.61 Å². The molecule has 0 radical (unpaired) electrons. The van der Waals surface area contributed by atoms with Gasteiger partial charge in [-0.25, -0.2) is 4.79 Å². The molecule has 2 heterocycles. The van der Waals surface area contributed by atoms with E-state index in [1.807, 2.05) is 24.4 Å². The summed E-state index contributed by atoms with van der Waals surface area (Å²) in [7, 11) is 0. The second kappa shape index (κ2) is 8.52. The Morgan fingerprint density at radius 3 is 2.84 bits per heavy atom. The van der Waals surface area contributed by atoms with Crippen LogP contribution in [0.2, 0.25) is 10.0 Å². The number of ether oxygens (including phenoxy) is 1. The van der Waals surface area contributed by atoms with Gasteiger partial charge >= 0.3 is 5.63 Å². The van der Waals surface area contributed by atoms with Crippen LogP contribution in [0.25, 0.3) is 21.9 Å². The number of carbonyl (C=O) groups is 1. The van der Waals surface area contributed by atoms with Crippen LogP contribution in [0.15, 0.2) is 45.7 Å². The van der Waals surface area contributed by atoms with E-state index >= 15 is 0 Å². The van der Waals surface area contributed by atoms with Gasteiger partial charge < -0.3 is 19.5 Å². The van der Waals surface area contributed by atoms with E-state index in [1.165, 1.54) is 0 Å². The molecule has 0 spiro atoms. The van der Waals surface area contributed by atoms with Crippen molar-refractivity contribution in [2.45, 2.75) is 25.7 Å². The van der Waals surface area contributed by atoms with Crippen molar-refractivity contribution in [3.63, 3.8) is 0 Å². The van der Waals surface area contributed by atoms with E-state index in [-0.39, 0.29) is 18.1 Å². The SMILES string of the molecule is O=C(COc1cc2oc(=O)c3c(c2cc1Cl)CCC3)NCCc1c[nH]c2ccc(Cl)cc12. The average molecular weight is 471 g/mol. The van der Waals surface area contributed by atoms with Crippen LogP contribution in [-0.2, 0) is 24.1 Å². The molecule has 1 amide bonds. The normalized spacial score (nSPS) is 12.9. The van der Waals surface area contributed by atoms with E-state index in [1.54, 1.807) is 12.1 Å². The number of nitrogens with one attached hydrogen (secondary N) is 2. The lowest BCUT2D eigenvalue weighted by molar-refractivity contribution is -0.123. The molecular formula is C24H20Cl2N2O4. The van der Waals surface area contributed by atoms with E-state index in [2.05, 4.69) is 10.3 Å². The molecular weight excluding hydrogens is 451 g/mol. The van der Waals surface area contributed by atoms with Crippen molar-refractivity contribution in [1.29, 1.82) is 0 Å². The number of benzene rings is 2. The summed E-state index contributed by atoms with van der Waals surface area (Å²) in [6.07, 6.45) is 5.07. The molecule has 0 atom stereocenters. The third-order valence-corrected chi connectivity index (χ3v) is 6.36. The van der Waals surface area contributed by atoms with E-state index in [9.17, 15) is 9.59 Å². The number of aromatic nitrogens is 1. The topological polar surface area (TPSA) is 84.3 Å². The molecule has 32 heavy (non-hydrogen) atoms. The highest BCUT2D eigenvalue weighted by molar-refractivity contribution is 6.33. The molecule has 0 saturated carbocycles. The number of aryl methyl sites for hydroxylation is 1. The maximum atomic E-state index is 12.3. The summed E-state index contributed by atoms with van der Waals surface area (Å²) >= 11 is 12.5. The van der Waals surface area contributed by atoms with Gasteiger partial charge in [-0.2, -0.15) is 0 Å². The number of rotatable bonds is 6. The summed E-state index contributed by atoms with van der Waals surface area (Å²) < 4.78 is 11.1. The molecule has 6 nitrogen and oxygen atoms in total. The Kier molecular flexibility index (Phi) is 5.57. The molecule has 0 saturated heterocycles. The predicted octanol–water partition coefficient (Wildman–Crippen LogP) is 4.81. The lowest BCUT2D eigenvalue weighted by Gasteiger charge is -2.11. The van der Waals surface area contributed by atoms with E-state index in [0.29, 0.717) is 34.3 Å². The van der Waals surface area contributed by atoms with Gasteiger partial charge in [-0.1, -0.05) is 23.2 Å². The molecule has 164 valence electrons. The minimum atomic E-state index is -0.311. The highest BCUT2D eigenvalue weighted by Crippen LogP contribution is 2.34. The Morgan fingerprint density at radius 2 is 1.97 bits per heavy atom. The maximum absolute atomic E-state index is 12.3. The van der Waals surface area contributed by atoms with Crippen LogP contribution in [0.1, 0.15) is 23.1 Å². The standard InChI is InChI=1S/C24H20Cl2N2O4/c25-14-4-5-20-17(8-14)13(11-28-20)6-7-27-23(29)12-31-22-10-21-18(9-19(22)26)15-2-1-3-16(15)24(30)32-21/h4-5,8-11,28H,1-3,6-7,12H2,(H,27,29). The first-order valence-corrected chi connectivity index (χ1v) is 11.2. The summed E-state index contributed by atoms with van der Waals surface area (Å²) in [5.41, 5.74) is 3.93. The summed E-state index contributed by atoms with van der Waals surface area (Å²) in [4.78, 5) is 27.7. The molecule has 2 N–H and O–H groups in total. The van der Waals surface area contributed by atoms with Crippen LogP contribution in [-0.4, -0.2) is 24.0 Å². The number of amides is 1. The van der Waals surface area contributed by atoms with Gasteiger partial charge in [0.2, 0.25) is 0 Å². The van der Waals surface area contributed by atoms with Crippen LogP contribution < -0.4 is 15.7 Å². The summed E-state index contributed by atoms with van der Waals surface area (Å²) in [6, 6.07) is 9.00. The fraction of sp³-hybridized carbons (Fsp3) is 0.250. The molecule has 1 aliphatic rings. The third kappa shape index (κ3) is 3.96. The molecule has 0 bridgehead atoms. The summed E-state index contributed by atoms with van der Waals surface area (Å²) in [5.74, 6) is 0.0381. The Bertz CT molecular complexity index is 1410. The summed E-state index contributed by atoms with van der Waals surface area (Å²) in [6.45, 7) is 0.258. The predicted molar refractivity (Wildman–Crippen MR) is 125 cm³/mol. The van der Waals surface area contributed by atoms with E-state index in [0.717, 1.165) is 52.2 Å². The number of halogens is 2. The van der Waals surface area contributed by atoms with Crippen molar-refractivity contribution in [1.82, 2.24) is 10.3 Å². The number of hydrogen-bond donors (Lipinski definition) is 2. The van der Waals surface area contributed by atoms with Crippen molar-refractivity contribution in [2.75, 3.05) is 13.2 Å². The van der Waals surface area contributed by atoms with Crippen molar-refractivity contribution in [3.05, 3.63) is 73.7 Å². The maximum Gasteiger partial charge on any atom is 0.339 e. The molecule has 2 aromatic heterocycles. The quantitative estimate of drug-likeness (QED) is 0.396. The first kappa shape index (κ1) is 20.9. The van der Waals surface area contributed by atoms with E-state index in [4.69, 9.17) is 32.4 Å². The van der Waals surface area contributed by atoms with Gasteiger partial charge in [0.25, 0.3) is 5.91 Å². The minimum absolute atomic E-state index is 0.194. The van der Waals surface area contributed by atoms with Crippen LogP contribution in [0.3, 0.4) is 0 Å². The molecule has 2 aromatic carbocycles. The highest BCUT2D eigenvalue weighted by Gasteiger charge is 2.21. The number of fused-ring (bicyclic) bond motifs is 4. The minimum Gasteiger partial charge on any atom is -0.482 e. The Labute approximate surface area is 193 Å². The van der Waals surface area contributed by atoms with Crippen LogP contribution in [0.4, 0.5) is 0 Å². The lowest BCUT2D eigenvalue weighted by Crippen LogP contribution is -2.30. The van der Waals surface area contributed by atoms with Gasteiger partial charge in [0.1, 0.15) is 11.3 Å². The number of H-pyrrole nitrogens is 1. The first-order valence-electron chi connectivity index (χ1n) is 10.4. The number of carbonyl (C=O) groups excluding carboxylic acids is 1. The Hall–Kier alpha value is -2.96. The smallest absolute Gasteiger partial charge is 0.339 e. The van der Waals surface area contributed by atoms with Gasteiger partial charge in [-0.05, 0) is 61.1 Å². The van der Waals surface area contributed by atoms with E-state index < -0.39 is 0 Å². The molecule has 8 heteroatoms. The first-order chi connectivity index (χ1) is 15.5. The largest absolute Gasteiger partial charge is 0.482 e. The molecule has 1 aliphatic carbocycles. The van der Waals surface area contributed by atoms with Gasteiger partial charge in [-0.3, -0.25) is 4.79 Å². The van der Waals surface area contributed by atoms with Crippen molar-refractivity contribution >= 4 is 51.0 Å². The summed E-state index contributed by atoms with van der Waals surface area (Å²) in [5, 5.41) is 5.76. The zero-order valence-electron chi connectivity index (χ0n) is 17.1. The lowest BCUT2D eigenvalue weighted by atomic mass is 10.1. The second-order valence-electron chi connectivity index (χ2n) is 7.87. The fourth-order valence-corrected chi connectivity index (χ4v) is 4.67. The highest BCUT2D eigenvalue weighted by atomic mass is 35.5. The zero-order chi connectivity index (χ0) is 22.2. The van der Waals surface area contributed by atoms with Gasteiger partial charge in [0.05, 0.1) is 5.02 Å². The molecule has 4 aromatic rings. The van der Waals surface area contributed by atoms with Crippen molar-refractivity contribution < 1.29 is 13.9 Å².